The van der Waals surface area contributed by atoms with Crippen LogP contribution in [0.3, 0.4) is 0 Å². The molecule has 0 aliphatic carbocycles. The highest BCUT2D eigenvalue weighted by atomic mass is 14.7. The summed E-state index contributed by atoms with van der Waals surface area (Å²) in [4.78, 5) is 4.27. The van der Waals surface area contributed by atoms with Gasteiger partial charge in [-0.05, 0) is 24.5 Å². The molecule has 0 saturated carbocycles. The number of aryl methyl sites for hydroxylation is 2. The molecule has 0 radical (unpaired) electrons. The van der Waals surface area contributed by atoms with Crippen LogP contribution in [-0.2, 0) is 12.8 Å². The van der Waals surface area contributed by atoms with Gasteiger partial charge in [-0.15, -0.1) is 0 Å². The van der Waals surface area contributed by atoms with E-state index in [-0.39, 0.29) is 0 Å². The molecule has 1 heterocycles. The van der Waals surface area contributed by atoms with Crippen molar-refractivity contribution in [2.45, 2.75) is 26.7 Å². The molecule has 0 amide bonds. The molecule has 0 unspecified atom stereocenters. The second kappa shape index (κ2) is 3.35. The molecule has 1 heteroatoms. The smallest absolute Gasteiger partial charge is 0.0432 e. The molecule has 1 rings (SSSR count). The van der Waals surface area contributed by atoms with Gasteiger partial charge in [-0.2, -0.15) is 0 Å². The van der Waals surface area contributed by atoms with E-state index < -0.39 is 0 Å². The van der Waals surface area contributed by atoms with Crippen molar-refractivity contribution in [3.05, 3.63) is 29.6 Å². The lowest BCUT2D eigenvalue weighted by atomic mass is 10.1. The average Bonchev–Trinajstić information content (AvgIpc) is 2.04. The molecule has 0 N–H and O–H groups in total. The lowest BCUT2D eigenvalue weighted by molar-refractivity contribution is 0.964. The Hall–Kier alpha value is -0.850. The average molecular weight is 135 g/mol. The van der Waals surface area contributed by atoms with Crippen LogP contribution in [0.1, 0.15) is 25.1 Å². The van der Waals surface area contributed by atoms with E-state index in [1.54, 1.807) is 0 Å². The van der Waals surface area contributed by atoms with Gasteiger partial charge in [0.15, 0.2) is 0 Å². The first-order valence-electron chi connectivity index (χ1n) is 3.81. The van der Waals surface area contributed by atoms with Crippen LogP contribution >= 0.6 is 0 Å². The van der Waals surface area contributed by atoms with Gasteiger partial charge in [0, 0.05) is 11.9 Å². The lowest BCUT2D eigenvalue weighted by Gasteiger charge is -2.01. The number of nitrogens with zero attached hydrogens (tertiary/aromatic N) is 1. The van der Waals surface area contributed by atoms with Crippen molar-refractivity contribution in [2.75, 3.05) is 0 Å². The topological polar surface area (TPSA) is 12.9 Å². The molecule has 1 aromatic heterocycles. The van der Waals surface area contributed by atoms with Crippen LogP contribution < -0.4 is 0 Å². The van der Waals surface area contributed by atoms with Crippen molar-refractivity contribution in [1.82, 2.24) is 4.98 Å². The highest BCUT2D eigenvalue weighted by Crippen LogP contribution is 2.05. The van der Waals surface area contributed by atoms with Gasteiger partial charge in [0.25, 0.3) is 0 Å². The Morgan fingerprint density at radius 3 is 2.60 bits per heavy atom. The summed E-state index contributed by atoms with van der Waals surface area (Å²) >= 11 is 0. The van der Waals surface area contributed by atoms with Gasteiger partial charge >= 0.3 is 0 Å². The fourth-order valence-corrected chi connectivity index (χ4v) is 1.11. The molecule has 0 aliphatic rings. The van der Waals surface area contributed by atoms with E-state index in [2.05, 4.69) is 24.9 Å². The van der Waals surface area contributed by atoms with Gasteiger partial charge in [0.2, 0.25) is 0 Å². The fraction of sp³-hybridized carbons (Fsp3) is 0.444. The van der Waals surface area contributed by atoms with E-state index in [9.17, 15) is 0 Å². The van der Waals surface area contributed by atoms with Crippen LogP contribution in [0, 0.1) is 0 Å². The third-order valence-electron chi connectivity index (χ3n) is 1.70. The molecule has 10 heavy (non-hydrogen) atoms. The minimum absolute atomic E-state index is 1.05. The van der Waals surface area contributed by atoms with Crippen molar-refractivity contribution in [3.63, 3.8) is 0 Å². The maximum Gasteiger partial charge on any atom is 0.0432 e. The van der Waals surface area contributed by atoms with Gasteiger partial charge in [0.1, 0.15) is 0 Å². The number of aromatic nitrogens is 1. The van der Waals surface area contributed by atoms with Crippen molar-refractivity contribution in [3.8, 4) is 0 Å². The molecule has 0 atom stereocenters. The molecular formula is C9H13N. The summed E-state index contributed by atoms with van der Waals surface area (Å²) in [5.41, 5.74) is 2.62. The summed E-state index contributed by atoms with van der Waals surface area (Å²) in [6.07, 6.45) is 4.00. The first-order chi connectivity index (χ1) is 4.88. The maximum atomic E-state index is 4.27. The summed E-state index contributed by atoms with van der Waals surface area (Å²) in [5.74, 6) is 0. The quantitative estimate of drug-likeness (QED) is 0.605. The highest BCUT2D eigenvalue weighted by molar-refractivity contribution is 5.19. The van der Waals surface area contributed by atoms with E-state index in [1.165, 1.54) is 11.3 Å². The van der Waals surface area contributed by atoms with Crippen molar-refractivity contribution < 1.29 is 0 Å². The number of rotatable bonds is 2. The zero-order valence-electron chi connectivity index (χ0n) is 6.59. The van der Waals surface area contributed by atoms with E-state index in [1.807, 2.05) is 12.3 Å². The molecule has 0 aromatic carbocycles. The molecule has 54 valence electrons. The second-order valence-corrected chi connectivity index (χ2v) is 2.32. The van der Waals surface area contributed by atoms with Gasteiger partial charge < -0.3 is 0 Å². The third kappa shape index (κ3) is 1.35. The van der Waals surface area contributed by atoms with Crippen molar-refractivity contribution >= 4 is 0 Å². The fourth-order valence-electron chi connectivity index (χ4n) is 1.11. The van der Waals surface area contributed by atoms with Crippen LogP contribution in [0.25, 0.3) is 0 Å². The number of pyridine rings is 1. The van der Waals surface area contributed by atoms with Gasteiger partial charge in [0.05, 0.1) is 0 Å². The summed E-state index contributed by atoms with van der Waals surface area (Å²) in [6, 6.07) is 4.14. The summed E-state index contributed by atoms with van der Waals surface area (Å²) < 4.78 is 0. The first kappa shape index (κ1) is 7.26. The van der Waals surface area contributed by atoms with Crippen molar-refractivity contribution in [2.24, 2.45) is 0 Å². The van der Waals surface area contributed by atoms with Crippen LogP contribution in [0.15, 0.2) is 18.3 Å². The Morgan fingerprint density at radius 2 is 2.10 bits per heavy atom. The Balaban J connectivity index is 2.96. The molecule has 0 saturated heterocycles. The highest BCUT2D eigenvalue weighted by Gasteiger charge is 1.95. The normalized spacial score (nSPS) is 9.80. The van der Waals surface area contributed by atoms with E-state index in [0.29, 0.717) is 0 Å². The molecule has 0 aliphatic heterocycles. The maximum absolute atomic E-state index is 4.27. The van der Waals surface area contributed by atoms with E-state index in [0.717, 1.165) is 12.8 Å². The Kier molecular flexibility index (Phi) is 2.43. The van der Waals surface area contributed by atoms with Gasteiger partial charge in [-0.1, -0.05) is 19.9 Å². The van der Waals surface area contributed by atoms with Crippen LogP contribution in [0.2, 0.25) is 0 Å². The summed E-state index contributed by atoms with van der Waals surface area (Å²) in [6.45, 7) is 4.30. The third-order valence-corrected chi connectivity index (χ3v) is 1.70. The van der Waals surface area contributed by atoms with E-state index in [4.69, 9.17) is 0 Å². The number of hydrogen-bond acceptors (Lipinski definition) is 1. The molecular weight excluding hydrogens is 122 g/mol. The van der Waals surface area contributed by atoms with Crippen LogP contribution in [-0.4, -0.2) is 4.98 Å². The Labute approximate surface area is 62.1 Å². The largest absolute Gasteiger partial charge is 0.261 e. The lowest BCUT2D eigenvalue weighted by Crippen LogP contribution is -1.92. The number of hydrogen-bond donors (Lipinski definition) is 0. The minimum atomic E-state index is 1.05. The molecule has 0 fully saturated rings. The summed E-state index contributed by atoms with van der Waals surface area (Å²) in [5, 5.41) is 0. The molecule has 0 spiro atoms. The predicted molar refractivity (Wildman–Crippen MR) is 43.0 cm³/mol. The Morgan fingerprint density at radius 1 is 1.30 bits per heavy atom. The van der Waals surface area contributed by atoms with Crippen LogP contribution in [0.5, 0.6) is 0 Å². The zero-order valence-corrected chi connectivity index (χ0v) is 6.59. The first-order valence-corrected chi connectivity index (χ1v) is 3.81. The SMILES string of the molecule is CCc1cccnc1CC. The molecule has 0 bridgehead atoms. The van der Waals surface area contributed by atoms with Gasteiger partial charge in [-0.25, -0.2) is 0 Å². The van der Waals surface area contributed by atoms with Crippen molar-refractivity contribution in [1.29, 1.82) is 0 Å². The minimum Gasteiger partial charge on any atom is -0.261 e. The molecule has 1 aromatic rings. The van der Waals surface area contributed by atoms with Gasteiger partial charge in [-0.3, -0.25) is 4.98 Å². The Bertz CT molecular complexity index is 183. The molecule has 1 nitrogen and oxygen atoms in total. The predicted octanol–water partition coefficient (Wildman–Crippen LogP) is 2.21. The summed E-state index contributed by atoms with van der Waals surface area (Å²) in [7, 11) is 0. The monoisotopic (exact) mass is 135 g/mol. The van der Waals surface area contributed by atoms with E-state index >= 15 is 0 Å². The zero-order chi connectivity index (χ0) is 7.40. The standard InChI is InChI=1S/C9H13N/c1-3-8-6-5-7-10-9(8)4-2/h5-7H,3-4H2,1-2H3. The van der Waals surface area contributed by atoms with Crippen LogP contribution in [0.4, 0.5) is 0 Å². The second-order valence-electron chi connectivity index (χ2n) is 2.32.